The molecule has 1 aromatic rings. The highest BCUT2D eigenvalue weighted by molar-refractivity contribution is 5.66. The molecule has 0 aromatic carbocycles. The lowest BCUT2D eigenvalue weighted by Crippen LogP contribution is -2.58. The van der Waals surface area contributed by atoms with E-state index in [4.69, 9.17) is 5.73 Å². The van der Waals surface area contributed by atoms with Crippen LogP contribution in [0.2, 0.25) is 0 Å². The van der Waals surface area contributed by atoms with Gasteiger partial charge in [0.25, 0.3) is 0 Å². The minimum absolute atomic E-state index is 0.0513. The first-order valence-electron chi connectivity index (χ1n) is 6.45. The second kappa shape index (κ2) is 5.44. The zero-order chi connectivity index (χ0) is 14.0. The number of piperazine rings is 1. The van der Waals surface area contributed by atoms with Gasteiger partial charge >= 0.3 is 6.09 Å². The van der Waals surface area contributed by atoms with Gasteiger partial charge in [0.2, 0.25) is 0 Å². The van der Waals surface area contributed by atoms with Gasteiger partial charge in [-0.25, -0.2) is 9.78 Å². The number of aromatic nitrogens is 1. The zero-order valence-corrected chi connectivity index (χ0v) is 11.3. The van der Waals surface area contributed by atoms with Gasteiger partial charge in [0, 0.05) is 19.6 Å². The zero-order valence-electron chi connectivity index (χ0n) is 11.3. The maximum atomic E-state index is 11.2. The topological polar surface area (TPSA) is 82.7 Å². The first kappa shape index (κ1) is 13.6. The fourth-order valence-corrected chi connectivity index (χ4v) is 2.64. The summed E-state index contributed by atoms with van der Waals surface area (Å²) in [6.07, 6.45) is -0.858. The van der Waals surface area contributed by atoms with Crippen molar-refractivity contribution in [3.8, 4) is 0 Å². The Balaban J connectivity index is 2.17. The number of hydrogen-bond acceptors (Lipinski definition) is 4. The first-order valence-corrected chi connectivity index (χ1v) is 6.45. The lowest BCUT2D eigenvalue weighted by Gasteiger charge is -2.43. The summed E-state index contributed by atoms with van der Waals surface area (Å²) in [6.45, 7) is 5.55. The predicted molar refractivity (Wildman–Crippen MR) is 73.1 cm³/mol. The van der Waals surface area contributed by atoms with Crippen LogP contribution in [0.15, 0.2) is 18.2 Å². The molecule has 0 bridgehead atoms. The minimum Gasteiger partial charge on any atom is -0.465 e. The van der Waals surface area contributed by atoms with Crippen LogP contribution in [0.3, 0.4) is 0 Å². The molecule has 3 N–H and O–H groups in total. The monoisotopic (exact) mass is 264 g/mol. The second-order valence-electron chi connectivity index (χ2n) is 4.98. The number of pyridine rings is 1. The average Bonchev–Trinajstić information content (AvgIpc) is 2.37. The van der Waals surface area contributed by atoms with E-state index in [0.717, 1.165) is 11.5 Å². The van der Waals surface area contributed by atoms with Crippen LogP contribution in [0.1, 0.15) is 19.5 Å². The molecule has 0 saturated carbocycles. The third kappa shape index (κ3) is 2.78. The number of nitrogens with two attached hydrogens (primary N) is 1. The number of anilines is 1. The number of amides is 1. The van der Waals surface area contributed by atoms with E-state index in [-0.39, 0.29) is 12.1 Å². The van der Waals surface area contributed by atoms with Gasteiger partial charge in [-0.1, -0.05) is 6.07 Å². The van der Waals surface area contributed by atoms with Gasteiger partial charge in [-0.15, -0.1) is 0 Å². The van der Waals surface area contributed by atoms with E-state index in [1.54, 1.807) is 0 Å². The van der Waals surface area contributed by atoms with E-state index < -0.39 is 6.09 Å². The molecule has 0 aliphatic carbocycles. The third-order valence-corrected chi connectivity index (χ3v) is 3.47. The van der Waals surface area contributed by atoms with E-state index in [1.807, 2.05) is 32.0 Å². The molecule has 6 nitrogen and oxygen atoms in total. The lowest BCUT2D eigenvalue weighted by atomic mass is 10.1. The van der Waals surface area contributed by atoms with Crippen molar-refractivity contribution < 1.29 is 9.90 Å². The summed E-state index contributed by atoms with van der Waals surface area (Å²) in [5.74, 6) is 0.867. The lowest BCUT2D eigenvalue weighted by molar-refractivity contribution is 0.0981. The van der Waals surface area contributed by atoms with E-state index >= 15 is 0 Å². The van der Waals surface area contributed by atoms with Crippen molar-refractivity contribution in [2.75, 3.05) is 18.0 Å². The summed E-state index contributed by atoms with van der Waals surface area (Å²) in [4.78, 5) is 19.3. The fraction of sp³-hybridized carbons (Fsp3) is 0.538. The van der Waals surface area contributed by atoms with Gasteiger partial charge in [0.15, 0.2) is 0 Å². The Bertz CT molecular complexity index is 454. The van der Waals surface area contributed by atoms with Gasteiger partial charge in [-0.05, 0) is 26.0 Å². The molecule has 1 aromatic heterocycles. The Hall–Kier alpha value is -1.82. The molecule has 0 radical (unpaired) electrons. The Morgan fingerprint density at radius 3 is 2.58 bits per heavy atom. The number of hydrogen-bond donors (Lipinski definition) is 2. The molecule has 1 fully saturated rings. The Labute approximate surface area is 112 Å². The van der Waals surface area contributed by atoms with Crippen LogP contribution in [-0.4, -0.2) is 46.3 Å². The number of carbonyl (C=O) groups is 1. The second-order valence-corrected chi connectivity index (χ2v) is 4.98. The van der Waals surface area contributed by atoms with Crippen molar-refractivity contribution in [3.05, 3.63) is 23.9 Å². The number of rotatable bonds is 2. The van der Waals surface area contributed by atoms with Crippen LogP contribution in [0, 0.1) is 0 Å². The van der Waals surface area contributed by atoms with Crippen LogP contribution in [0.4, 0.5) is 10.6 Å². The Kier molecular flexibility index (Phi) is 3.90. The van der Waals surface area contributed by atoms with Gasteiger partial charge in [-0.3, -0.25) is 4.90 Å². The van der Waals surface area contributed by atoms with Gasteiger partial charge < -0.3 is 15.7 Å². The molecule has 1 saturated heterocycles. The van der Waals surface area contributed by atoms with Crippen LogP contribution >= 0.6 is 0 Å². The minimum atomic E-state index is -0.858. The van der Waals surface area contributed by atoms with E-state index in [2.05, 4.69) is 9.88 Å². The Morgan fingerprint density at radius 1 is 1.42 bits per heavy atom. The van der Waals surface area contributed by atoms with E-state index in [9.17, 15) is 9.90 Å². The molecule has 2 rings (SSSR count). The molecule has 104 valence electrons. The van der Waals surface area contributed by atoms with E-state index in [0.29, 0.717) is 19.6 Å². The molecule has 1 aliphatic heterocycles. The Morgan fingerprint density at radius 2 is 2.05 bits per heavy atom. The van der Waals surface area contributed by atoms with Crippen LogP contribution in [-0.2, 0) is 6.54 Å². The molecule has 19 heavy (non-hydrogen) atoms. The van der Waals surface area contributed by atoms with Crippen LogP contribution in [0.25, 0.3) is 0 Å². The first-order chi connectivity index (χ1) is 9.02. The highest BCUT2D eigenvalue weighted by Gasteiger charge is 2.33. The summed E-state index contributed by atoms with van der Waals surface area (Å²) >= 11 is 0. The molecular weight excluding hydrogens is 244 g/mol. The summed E-state index contributed by atoms with van der Waals surface area (Å²) in [5, 5.41) is 9.19. The van der Waals surface area contributed by atoms with Crippen molar-refractivity contribution in [1.82, 2.24) is 9.88 Å². The molecule has 0 unspecified atom stereocenters. The van der Waals surface area contributed by atoms with Crippen molar-refractivity contribution in [1.29, 1.82) is 0 Å². The maximum absolute atomic E-state index is 11.2. The molecule has 6 heteroatoms. The largest absolute Gasteiger partial charge is 0.465 e. The average molecular weight is 264 g/mol. The van der Waals surface area contributed by atoms with Crippen LogP contribution in [0.5, 0.6) is 0 Å². The summed E-state index contributed by atoms with van der Waals surface area (Å²) in [6, 6.07) is 5.66. The molecular formula is C13H20N4O2. The number of nitrogens with zero attached hydrogens (tertiary/aromatic N) is 3. The summed E-state index contributed by atoms with van der Waals surface area (Å²) < 4.78 is 0. The standard InChI is InChI=1S/C13H20N4O2/c1-9-7-16(8-10(2)17(9)13(18)19)12-5-3-4-11(6-14)15-12/h3-5,9-10H,6-8,14H2,1-2H3,(H,18,19)/t9-,10-/m1/s1. The van der Waals surface area contributed by atoms with Gasteiger partial charge in [-0.2, -0.15) is 0 Å². The van der Waals surface area contributed by atoms with Crippen molar-refractivity contribution >= 4 is 11.9 Å². The van der Waals surface area contributed by atoms with Crippen LogP contribution < -0.4 is 10.6 Å². The van der Waals surface area contributed by atoms with Crippen molar-refractivity contribution in [2.24, 2.45) is 5.73 Å². The molecule has 1 amide bonds. The smallest absolute Gasteiger partial charge is 0.407 e. The molecule has 2 atom stereocenters. The number of carboxylic acid groups (broad SMARTS) is 1. The fourth-order valence-electron chi connectivity index (χ4n) is 2.64. The van der Waals surface area contributed by atoms with Crippen molar-refractivity contribution in [3.63, 3.8) is 0 Å². The third-order valence-electron chi connectivity index (χ3n) is 3.47. The normalized spacial score (nSPS) is 23.5. The summed E-state index contributed by atoms with van der Waals surface area (Å²) in [7, 11) is 0. The SMILES string of the molecule is C[C@@H]1CN(c2cccc(CN)n2)C[C@@H](C)N1C(=O)O. The van der Waals surface area contributed by atoms with Gasteiger partial charge in [0.1, 0.15) is 5.82 Å². The molecule has 0 spiro atoms. The maximum Gasteiger partial charge on any atom is 0.407 e. The summed E-state index contributed by atoms with van der Waals surface area (Å²) in [5.41, 5.74) is 6.44. The molecule has 1 aliphatic rings. The quantitative estimate of drug-likeness (QED) is 0.836. The highest BCUT2D eigenvalue weighted by atomic mass is 16.4. The van der Waals surface area contributed by atoms with Crippen molar-refractivity contribution in [2.45, 2.75) is 32.5 Å². The highest BCUT2D eigenvalue weighted by Crippen LogP contribution is 2.21. The van der Waals surface area contributed by atoms with E-state index in [1.165, 1.54) is 4.90 Å². The van der Waals surface area contributed by atoms with Gasteiger partial charge in [0.05, 0.1) is 17.8 Å². The predicted octanol–water partition coefficient (Wildman–Crippen LogP) is 1.12. The molecule has 2 heterocycles.